The molecule has 2 rings (SSSR count). The van der Waals surface area contributed by atoms with E-state index in [2.05, 4.69) is 10.1 Å². The van der Waals surface area contributed by atoms with Gasteiger partial charge in [0.25, 0.3) is 11.1 Å². The van der Waals surface area contributed by atoms with Crippen molar-refractivity contribution in [2.24, 2.45) is 0 Å². The fraction of sp³-hybridized carbons (Fsp3) is 0.273. The summed E-state index contributed by atoms with van der Waals surface area (Å²) in [4.78, 5) is 23.9. The van der Waals surface area contributed by atoms with Crippen LogP contribution in [0.5, 0.6) is 5.75 Å². The first-order chi connectivity index (χ1) is 9.26. The van der Waals surface area contributed by atoms with Crippen molar-refractivity contribution in [2.75, 3.05) is 12.4 Å². The highest BCUT2D eigenvalue weighted by molar-refractivity contribution is 8.15. The minimum atomic E-state index is -4.75. The van der Waals surface area contributed by atoms with Crippen molar-refractivity contribution in [1.29, 1.82) is 0 Å². The Labute approximate surface area is 116 Å². The van der Waals surface area contributed by atoms with Gasteiger partial charge < -0.3 is 10.1 Å². The number of carbonyl (C=O) groups excluding carboxylic acids is 2. The van der Waals surface area contributed by atoms with Crippen LogP contribution < -0.4 is 10.1 Å². The number of rotatable bonds is 3. The van der Waals surface area contributed by atoms with Crippen LogP contribution in [-0.2, 0) is 4.79 Å². The third kappa shape index (κ3) is 3.35. The van der Waals surface area contributed by atoms with E-state index in [0.717, 1.165) is 28.8 Å². The predicted molar refractivity (Wildman–Crippen MR) is 66.3 cm³/mol. The van der Waals surface area contributed by atoms with Gasteiger partial charge in [-0.15, -0.1) is 13.2 Å². The molecule has 0 unspecified atom stereocenters. The first kappa shape index (κ1) is 14.5. The second kappa shape index (κ2) is 5.23. The molecule has 0 saturated carbocycles. The van der Waals surface area contributed by atoms with Gasteiger partial charge in [-0.05, 0) is 36.0 Å². The van der Waals surface area contributed by atoms with Gasteiger partial charge in [-0.2, -0.15) is 0 Å². The number of benzene rings is 1. The maximum Gasteiger partial charge on any atom is 0.573 e. The van der Waals surface area contributed by atoms with Crippen LogP contribution in [-0.4, -0.2) is 34.8 Å². The summed E-state index contributed by atoms with van der Waals surface area (Å²) in [6, 6.07) is 4.90. The van der Waals surface area contributed by atoms with Crippen molar-refractivity contribution in [1.82, 2.24) is 4.90 Å². The Morgan fingerprint density at radius 3 is 2.30 bits per heavy atom. The molecule has 0 aromatic heterocycles. The van der Waals surface area contributed by atoms with Gasteiger partial charge >= 0.3 is 6.36 Å². The average molecular weight is 306 g/mol. The summed E-state index contributed by atoms with van der Waals surface area (Å²) >= 11 is 0.806. The lowest BCUT2D eigenvalue weighted by molar-refractivity contribution is -0.274. The molecule has 1 aliphatic heterocycles. The smallest absolute Gasteiger partial charge is 0.406 e. The summed E-state index contributed by atoms with van der Waals surface area (Å²) in [6.07, 6.45) is -4.75. The quantitative estimate of drug-likeness (QED) is 0.930. The minimum absolute atomic E-state index is 0.360. The lowest BCUT2D eigenvalue weighted by Crippen LogP contribution is -2.31. The van der Waals surface area contributed by atoms with E-state index in [-0.39, 0.29) is 11.0 Å². The first-order valence-corrected chi connectivity index (χ1v) is 6.25. The molecule has 1 aromatic carbocycles. The van der Waals surface area contributed by atoms with Gasteiger partial charge in [-0.1, -0.05) is 0 Å². The number of imide groups is 1. The Kier molecular flexibility index (Phi) is 3.80. The molecule has 2 amide bonds. The minimum Gasteiger partial charge on any atom is -0.406 e. The molecule has 108 valence electrons. The molecular weight excluding hydrogens is 297 g/mol. The molecule has 0 aliphatic carbocycles. The third-order valence-electron chi connectivity index (χ3n) is 2.43. The zero-order valence-electron chi connectivity index (χ0n) is 10.1. The van der Waals surface area contributed by atoms with Gasteiger partial charge in [-0.3, -0.25) is 14.5 Å². The van der Waals surface area contributed by atoms with E-state index in [1.165, 1.54) is 19.2 Å². The van der Waals surface area contributed by atoms with Crippen LogP contribution in [0.15, 0.2) is 24.3 Å². The number of halogens is 3. The van der Waals surface area contributed by atoms with Gasteiger partial charge in [0.1, 0.15) is 5.75 Å². The lowest BCUT2D eigenvalue weighted by Gasteiger charge is -2.12. The molecule has 0 bridgehead atoms. The van der Waals surface area contributed by atoms with Crippen molar-refractivity contribution < 1.29 is 27.5 Å². The molecule has 5 nitrogen and oxygen atoms in total. The van der Waals surface area contributed by atoms with Crippen molar-refractivity contribution >= 4 is 28.6 Å². The molecule has 1 aliphatic rings. The van der Waals surface area contributed by atoms with E-state index < -0.39 is 17.6 Å². The predicted octanol–water partition coefficient (Wildman–Crippen LogP) is 2.65. The second-order valence-electron chi connectivity index (χ2n) is 3.88. The van der Waals surface area contributed by atoms with Gasteiger partial charge in [-0.25, -0.2) is 0 Å². The number of ether oxygens (including phenoxy) is 1. The number of amides is 2. The molecule has 1 aromatic rings. The average Bonchev–Trinajstić information content (AvgIpc) is 2.58. The van der Waals surface area contributed by atoms with Crippen LogP contribution in [0.25, 0.3) is 0 Å². The Bertz CT molecular complexity index is 533. The highest BCUT2D eigenvalue weighted by Crippen LogP contribution is 2.28. The number of hydrogen-bond donors (Lipinski definition) is 1. The van der Waals surface area contributed by atoms with Crippen LogP contribution in [0.2, 0.25) is 0 Å². The monoisotopic (exact) mass is 306 g/mol. The number of likely N-dealkylation sites (N-methyl/N-ethyl adjacent to an activating group) is 1. The zero-order valence-corrected chi connectivity index (χ0v) is 10.9. The van der Waals surface area contributed by atoms with Crippen molar-refractivity contribution in [3.05, 3.63) is 24.3 Å². The van der Waals surface area contributed by atoms with Gasteiger partial charge in [0, 0.05) is 12.7 Å². The molecule has 1 atom stereocenters. The number of alkyl halides is 3. The first-order valence-electron chi connectivity index (χ1n) is 5.37. The molecule has 0 radical (unpaired) electrons. The van der Waals surface area contributed by atoms with E-state index >= 15 is 0 Å². The molecule has 0 spiro atoms. The number of carbonyl (C=O) groups is 2. The van der Waals surface area contributed by atoms with E-state index in [4.69, 9.17) is 0 Å². The van der Waals surface area contributed by atoms with Crippen molar-refractivity contribution in [3.63, 3.8) is 0 Å². The Balaban J connectivity index is 2.01. The molecule has 20 heavy (non-hydrogen) atoms. The zero-order chi connectivity index (χ0) is 14.9. The molecule has 9 heteroatoms. The Morgan fingerprint density at radius 1 is 1.25 bits per heavy atom. The Morgan fingerprint density at radius 2 is 1.85 bits per heavy atom. The second-order valence-corrected chi connectivity index (χ2v) is 4.93. The summed E-state index contributed by atoms with van der Waals surface area (Å²) < 4.78 is 39.7. The Hall–Kier alpha value is -1.90. The summed E-state index contributed by atoms with van der Waals surface area (Å²) in [5.74, 6) is -0.766. The number of hydrogen-bond acceptors (Lipinski definition) is 5. The SMILES string of the molecule is CN1C(=O)S[C@H](Nc2ccc(OC(F)(F)F)cc2)C1=O. The van der Waals surface area contributed by atoms with Crippen molar-refractivity contribution in [3.8, 4) is 5.75 Å². The van der Waals surface area contributed by atoms with Gasteiger partial charge in [0.05, 0.1) is 0 Å². The van der Waals surface area contributed by atoms with E-state index in [9.17, 15) is 22.8 Å². The van der Waals surface area contributed by atoms with Crippen molar-refractivity contribution in [2.45, 2.75) is 11.7 Å². The van der Waals surface area contributed by atoms with Crippen LogP contribution in [0.1, 0.15) is 0 Å². The number of thioether (sulfide) groups is 1. The summed E-state index contributed by atoms with van der Waals surface area (Å²) in [5, 5.41) is 1.59. The maximum absolute atomic E-state index is 12.0. The van der Waals surface area contributed by atoms with Gasteiger partial charge in [0.2, 0.25) is 0 Å². The van der Waals surface area contributed by atoms with Crippen LogP contribution in [0.4, 0.5) is 23.7 Å². The molecular formula is C11H9F3N2O3S. The van der Waals surface area contributed by atoms with E-state index in [0.29, 0.717) is 5.69 Å². The van der Waals surface area contributed by atoms with Crippen LogP contribution in [0.3, 0.4) is 0 Å². The summed E-state index contributed by atoms with van der Waals surface area (Å²) in [7, 11) is 1.36. The molecule has 1 saturated heterocycles. The lowest BCUT2D eigenvalue weighted by atomic mass is 10.3. The number of nitrogens with one attached hydrogen (secondary N) is 1. The number of anilines is 1. The molecule has 1 fully saturated rings. The highest BCUT2D eigenvalue weighted by Gasteiger charge is 2.37. The normalized spacial score (nSPS) is 19.4. The fourth-order valence-electron chi connectivity index (χ4n) is 1.49. The summed E-state index contributed by atoms with van der Waals surface area (Å²) in [6.45, 7) is 0. The standard InChI is InChI=1S/C11H9F3N2O3S/c1-16-9(17)8(20-10(16)18)15-6-2-4-7(5-3-6)19-11(12,13)14/h2-5,8,15H,1H3/t8-/m0/s1. The van der Waals surface area contributed by atoms with E-state index in [1.54, 1.807) is 0 Å². The fourth-order valence-corrected chi connectivity index (χ4v) is 2.40. The molecule has 1 heterocycles. The third-order valence-corrected chi connectivity index (χ3v) is 3.46. The van der Waals surface area contributed by atoms with Gasteiger partial charge in [0.15, 0.2) is 5.37 Å². The highest BCUT2D eigenvalue weighted by atomic mass is 32.2. The maximum atomic E-state index is 12.0. The van der Waals surface area contributed by atoms with E-state index in [1.807, 2.05) is 0 Å². The molecule has 1 N–H and O–H groups in total. The van der Waals surface area contributed by atoms with Crippen LogP contribution >= 0.6 is 11.8 Å². The van der Waals surface area contributed by atoms with Crippen LogP contribution in [0, 0.1) is 0 Å². The largest absolute Gasteiger partial charge is 0.573 e. The topological polar surface area (TPSA) is 58.6 Å². The summed E-state index contributed by atoms with van der Waals surface area (Å²) in [5.41, 5.74) is 0.411. The number of nitrogens with zero attached hydrogens (tertiary/aromatic N) is 1.